The van der Waals surface area contributed by atoms with Crippen molar-refractivity contribution in [3.05, 3.63) is 101 Å². The zero-order valence-electron chi connectivity index (χ0n) is 21.4. The lowest BCUT2D eigenvalue weighted by atomic mass is 9.86. The van der Waals surface area contributed by atoms with Crippen LogP contribution < -0.4 is 11.4 Å². The first-order valence-electron chi connectivity index (χ1n) is 12.4. The SMILES string of the molecule is Cn1c(=O)n(-c2ccc(C(C)(C)C#N)cc2)c2c3cc(-c4cnc5ccc(CN)cc5c4)ccc3ncc21. The number of pyridine rings is 2. The van der Waals surface area contributed by atoms with E-state index in [0.29, 0.717) is 6.54 Å². The van der Waals surface area contributed by atoms with Crippen molar-refractivity contribution in [3.63, 3.8) is 0 Å². The van der Waals surface area contributed by atoms with Gasteiger partial charge in [-0.05, 0) is 73.0 Å². The number of rotatable bonds is 4. The van der Waals surface area contributed by atoms with Crippen LogP contribution in [0.15, 0.2) is 83.9 Å². The Kier molecular flexibility index (Phi) is 5.37. The highest BCUT2D eigenvalue weighted by molar-refractivity contribution is 6.04. The van der Waals surface area contributed by atoms with Gasteiger partial charge >= 0.3 is 5.69 Å². The van der Waals surface area contributed by atoms with E-state index in [1.165, 1.54) is 0 Å². The Labute approximate surface area is 219 Å². The third-order valence-corrected chi connectivity index (χ3v) is 7.32. The van der Waals surface area contributed by atoms with E-state index in [2.05, 4.69) is 34.2 Å². The monoisotopic (exact) mass is 498 g/mol. The van der Waals surface area contributed by atoms with Gasteiger partial charge in [0.1, 0.15) is 0 Å². The minimum absolute atomic E-state index is 0.159. The van der Waals surface area contributed by atoms with E-state index in [9.17, 15) is 10.1 Å². The maximum Gasteiger partial charge on any atom is 0.333 e. The maximum atomic E-state index is 13.5. The second kappa shape index (κ2) is 8.65. The fourth-order valence-electron chi connectivity index (χ4n) is 4.97. The van der Waals surface area contributed by atoms with Gasteiger partial charge in [0.05, 0.1) is 45.4 Å². The molecule has 38 heavy (non-hydrogen) atoms. The van der Waals surface area contributed by atoms with Crippen LogP contribution in [0.3, 0.4) is 0 Å². The average molecular weight is 499 g/mol. The van der Waals surface area contributed by atoms with Crippen molar-refractivity contribution in [1.82, 2.24) is 19.1 Å². The molecule has 0 aliphatic carbocycles. The normalized spacial score (nSPS) is 11.9. The molecular formula is C31H26N6O. The molecule has 0 spiro atoms. The van der Waals surface area contributed by atoms with E-state index in [0.717, 1.165) is 60.8 Å². The second-order valence-electron chi connectivity index (χ2n) is 10.1. The largest absolute Gasteiger partial charge is 0.333 e. The molecule has 7 heteroatoms. The Balaban J connectivity index is 1.57. The summed E-state index contributed by atoms with van der Waals surface area (Å²) < 4.78 is 3.34. The molecule has 0 amide bonds. The summed E-state index contributed by atoms with van der Waals surface area (Å²) in [5, 5.41) is 11.4. The number of hydrogen-bond donors (Lipinski definition) is 1. The minimum atomic E-state index is -0.618. The molecule has 3 aromatic carbocycles. The van der Waals surface area contributed by atoms with Crippen molar-refractivity contribution in [3.8, 4) is 22.9 Å². The lowest BCUT2D eigenvalue weighted by Crippen LogP contribution is -2.21. The summed E-state index contributed by atoms with van der Waals surface area (Å²) in [6, 6.07) is 24.2. The van der Waals surface area contributed by atoms with Crippen molar-refractivity contribution in [1.29, 1.82) is 5.26 Å². The first-order valence-corrected chi connectivity index (χ1v) is 12.4. The van der Waals surface area contributed by atoms with Gasteiger partial charge in [-0.1, -0.05) is 24.3 Å². The van der Waals surface area contributed by atoms with Crippen molar-refractivity contribution in [2.75, 3.05) is 0 Å². The number of benzene rings is 3. The smallest absolute Gasteiger partial charge is 0.326 e. The highest BCUT2D eigenvalue weighted by atomic mass is 16.1. The van der Waals surface area contributed by atoms with E-state index in [1.807, 2.05) is 68.6 Å². The van der Waals surface area contributed by atoms with Crippen LogP contribution in [0, 0.1) is 11.3 Å². The lowest BCUT2D eigenvalue weighted by Gasteiger charge is -2.16. The maximum absolute atomic E-state index is 13.5. The highest BCUT2D eigenvalue weighted by Crippen LogP contribution is 2.31. The van der Waals surface area contributed by atoms with Crippen LogP contribution >= 0.6 is 0 Å². The third-order valence-electron chi connectivity index (χ3n) is 7.32. The summed E-state index contributed by atoms with van der Waals surface area (Å²) >= 11 is 0. The highest BCUT2D eigenvalue weighted by Gasteiger charge is 2.21. The number of aromatic nitrogens is 4. The molecule has 3 heterocycles. The Morgan fingerprint density at radius 3 is 2.39 bits per heavy atom. The van der Waals surface area contributed by atoms with Crippen LogP contribution in [-0.2, 0) is 19.0 Å². The standard InChI is InChI=1S/C31H26N6O/c1-31(2,18-33)23-6-8-24(9-7-23)37-29-25-14-20(5-11-27(25)35-17-28(29)36(3)30(37)38)22-13-21-12-19(15-32)4-10-26(21)34-16-22/h4-14,16-17H,15,32H2,1-3H3. The van der Waals surface area contributed by atoms with E-state index >= 15 is 0 Å². The molecule has 0 saturated heterocycles. The Bertz CT molecular complexity index is 1970. The van der Waals surface area contributed by atoms with Gasteiger partial charge in [-0.3, -0.25) is 19.1 Å². The number of nitrogens with two attached hydrogens (primary N) is 1. The zero-order chi connectivity index (χ0) is 26.6. The van der Waals surface area contributed by atoms with Crippen LogP contribution in [0.4, 0.5) is 0 Å². The Hall–Kier alpha value is -4.80. The van der Waals surface area contributed by atoms with Gasteiger partial charge in [-0.25, -0.2) is 4.79 Å². The van der Waals surface area contributed by atoms with Gasteiger partial charge in [0, 0.05) is 36.1 Å². The van der Waals surface area contributed by atoms with Crippen molar-refractivity contribution in [2.24, 2.45) is 12.8 Å². The fraction of sp³-hybridized carbons (Fsp3) is 0.161. The third kappa shape index (κ3) is 3.66. The molecule has 0 unspecified atom stereocenters. The molecule has 6 aromatic rings. The molecule has 2 N–H and O–H groups in total. The van der Waals surface area contributed by atoms with E-state index in [1.54, 1.807) is 22.4 Å². The van der Waals surface area contributed by atoms with E-state index in [4.69, 9.17) is 5.73 Å². The Morgan fingerprint density at radius 1 is 0.921 bits per heavy atom. The van der Waals surface area contributed by atoms with Crippen molar-refractivity contribution < 1.29 is 0 Å². The summed E-state index contributed by atoms with van der Waals surface area (Å²) in [5.74, 6) is 0. The Morgan fingerprint density at radius 2 is 1.66 bits per heavy atom. The van der Waals surface area contributed by atoms with Gasteiger partial charge < -0.3 is 5.73 Å². The number of nitriles is 1. The van der Waals surface area contributed by atoms with Crippen LogP contribution in [-0.4, -0.2) is 19.1 Å². The lowest BCUT2D eigenvalue weighted by molar-refractivity contribution is 0.686. The van der Waals surface area contributed by atoms with Crippen LogP contribution in [0.1, 0.15) is 25.0 Å². The van der Waals surface area contributed by atoms with E-state index < -0.39 is 5.41 Å². The summed E-state index contributed by atoms with van der Waals surface area (Å²) in [4.78, 5) is 22.8. The molecule has 0 radical (unpaired) electrons. The molecule has 6 rings (SSSR count). The van der Waals surface area contributed by atoms with Crippen molar-refractivity contribution >= 4 is 32.8 Å². The quantitative estimate of drug-likeness (QED) is 0.353. The molecular weight excluding hydrogens is 472 g/mol. The fourth-order valence-corrected chi connectivity index (χ4v) is 4.97. The van der Waals surface area contributed by atoms with Crippen LogP contribution in [0.2, 0.25) is 0 Å². The minimum Gasteiger partial charge on any atom is -0.326 e. The molecule has 186 valence electrons. The predicted octanol–water partition coefficient (Wildman–Crippen LogP) is 5.35. The first-order chi connectivity index (χ1) is 18.3. The number of hydrogen-bond acceptors (Lipinski definition) is 5. The molecule has 0 bridgehead atoms. The van der Waals surface area contributed by atoms with Crippen molar-refractivity contribution in [2.45, 2.75) is 25.8 Å². The summed E-state index contributed by atoms with van der Waals surface area (Å²) in [5.41, 5.74) is 12.9. The molecule has 0 atom stereocenters. The van der Waals surface area contributed by atoms with Gasteiger partial charge in [0.2, 0.25) is 0 Å². The summed E-state index contributed by atoms with van der Waals surface area (Å²) in [6.07, 6.45) is 3.61. The van der Waals surface area contributed by atoms with E-state index in [-0.39, 0.29) is 5.69 Å². The second-order valence-corrected chi connectivity index (χ2v) is 10.1. The first kappa shape index (κ1) is 23.6. The summed E-state index contributed by atoms with van der Waals surface area (Å²) in [7, 11) is 1.76. The average Bonchev–Trinajstić information content (AvgIpc) is 3.22. The number of fused-ring (bicyclic) bond motifs is 4. The zero-order valence-corrected chi connectivity index (χ0v) is 21.4. The number of aryl methyl sites for hydroxylation is 1. The summed E-state index contributed by atoms with van der Waals surface area (Å²) in [6.45, 7) is 4.23. The van der Waals surface area contributed by atoms with Gasteiger partial charge in [-0.15, -0.1) is 0 Å². The molecule has 0 aliphatic rings. The van der Waals surface area contributed by atoms with Crippen LogP contribution in [0.5, 0.6) is 0 Å². The number of nitrogens with zero attached hydrogens (tertiary/aromatic N) is 5. The molecule has 0 fully saturated rings. The number of imidazole rings is 1. The van der Waals surface area contributed by atoms with Gasteiger partial charge in [-0.2, -0.15) is 5.26 Å². The van der Waals surface area contributed by atoms with Gasteiger partial charge in [0.25, 0.3) is 0 Å². The molecule has 0 saturated carbocycles. The van der Waals surface area contributed by atoms with Gasteiger partial charge in [0.15, 0.2) is 0 Å². The molecule has 3 aromatic heterocycles. The predicted molar refractivity (Wildman–Crippen MR) is 151 cm³/mol. The molecule has 7 nitrogen and oxygen atoms in total. The van der Waals surface area contributed by atoms with Crippen LogP contribution in [0.25, 0.3) is 49.7 Å². The molecule has 0 aliphatic heterocycles. The topological polar surface area (TPSA) is 103 Å².